The Morgan fingerprint density at radius 3 is 2.44 bits per heavy atom. The summed E-state index contributed by atoms with van der Waals surface area (Å²) >= 11 is 0. The van der Waals surface area contributed by atoms with Gasteiger partial charge in [-0.05, 0) is 46.0 Å². The lowest BCUT2D eigenvalue weighted by Gasteiger charge is -2.41. The lowest BCUT2D eigenvalue weighted by Crippen LogP contribution is -2.49. The molecule has 1 amide bonds. The maximum absolute atomic E-state index is 12.3. The molecule has 0 aromatic rings. The quantitative estimate of drug-likeness (QED) is 0.840. The molecule has 106 valence electrons. The second kappa shape index (κ2) is 6.05. The van der Waals surface area contributed by atoms with Gasteiger partial charge in [0, 0.05) is 31.1 Å². The van der Waals surface area contributed by atoms with Crippen molar-refractivity contribution in [1.82, 2.24) is 10.2 Å². The number of amides is 1. The Morgan fingerprint density at radius 2 is 1.89 bits per heavy atom. The molecular weight excluding hydrogens is 224 g/mol. The number of carbonyl (C=O) groups is 1. The first kappa shape index (κ1) is 15.5. The molecule has 0 aromatic heterocycles. The van der Waals surface area contributed by atoms with E-state index in [0.717, 1.165) is 13.1 Å². The van der Waals surface area contributed by atoms with E-state index in [0.29, 0.717) is 30.2 Å². The van der Waals surface area contributed by atoms with E-state index in [-0.39, 0.29) is 5.54 Å². The van der Waals surface area contributed by atoms with Gasteiger partial charge in [-0.15, -0.1) is 0 Å². The van der Waals surface area contributed by atoms with Crippen LogP contribution < -0.4 is 5.32 Å². The molecule has 1 aliphatic rings. The number of hydrogen-bond acceptors (Lipinski definition) is 2. The highest BCUT2D eigenvalue weighted by Crippen LogP contribution is 2.27. The zero-order valence-electron chi connectivity index (χ0n) is 12.9. The fourth-order valence-electron chi connectivity index (χ4n) is 2.73. The predicted octanol–water partition coefficient (Wildman–Crippen LogP) is 2.66. The first-order valence-electron chi connectivity index (χ1n) is 7.25. The van der Waals surface area contributed by atoms with Gasteiger partial charge in [0.2, 0.25) is 5.91 Å². The monoisotopic (exact) mass is 254 g/mol. The van der Waals surface area contributed by atoms with E-state index < -0.39 is 0 Å². The third kappa shape index (κ3) is 4.60. The Hall–Kier alpha value is -0.570. The Labute approximate surface area is 112 Å². The number of rotatable bonds is 3. The number of likely N-dealkylation sites (tertiary alicyclic amines) is 1. The molecule has 1 saturated heterocycles. The molecule has 1 heterocycles. The Bertz CT molecular complexity index is 283. The minimum Gasteiger partial charge on any atom is -0.339 e. The molecule has 0 aliphatic carbocycles. The third-order valence-corrected chi connectivity index (χ3v) is 3.91. The molecule has 0 bridgehead atoms. The molecule has 0 aromatic carbocycles. The van der Waals surface area contributed by atoms with Crippen LogP contribution in [0, 0.1) is 11.8 Å². The summed E-state index contributed by atoms with van der Waals surface area (Å²) in [4.78, 5) is 14.4. The fourth-order valence-corrected chi connectivity index (χ4v) is 2.73. The Morgan fingerprint density at radius 1 is 1.28 bits per heavy atom. The summed E-state index contributed by atoms with van der Waals surface area (Å²) in [6.07, 6.45) is 1.85. The Kier molecular flexibility index (Phi) is 5.20. The van der Waals surface area contributed by atoms with Crippen LogP contribution in [-0.2, 0) is 4.79 Å². The smallest absolute Gasteiger partial charge is 0.224 e. The van der Waals surface area contributed by atoms with Crippen molar-refractivity contribution in [3.8, 4) is 0 Å². The van der Waals surface area contributed by atoms with Crippen molar-refractivity contribution in [2.24, 2.45) is 11.8 Å². The van der Waals surface area contributed by atoms with E-state index in [2.05, 4.69) is 51.8 Å². The lowest BCUT2D eigenvalue weighted by atomic mass is 9.86. The number of piperidine rings is 1. The highest BCUT2D eigenvalue weighted by molar-refractivity contribution is 5.76. The number of nitrogens with one attached hydrogen (secondary N) is 1. The van der Waals surface area contributed by atoms with Crippen molar-refractivity contribution in [2.75, 3.05) is 13.1 Å². The highest BCUT2D eigenvalue weighted by Gasteiger charge is 2.31. The second-order valence-electron chi connectivity index (χ2n) is 7.03. The van der Waals surface area contributed by atoms with Gasteiger partial charge in [-0.1, -0.05) is 13.8 Å². The van der Waals surface area contributed by atoms with Crippen LogP contribution in [0.4, 0.5) is 0 Å². The van der Waals surface area contributed by atoms with Crippen molar-refractivity contribution < 1.29 is 4.79 Å². The molecule has 18 heavy (non-hydrogen) atoms. The van der Waals surface area contributed by atoms with Crippen LogP contribution in [0.15, 0.2) is 0 Å². The number of carbonyl (C=O) groups excluding carboxylic acids is 1. The van der Waals surface area contributed by atoms with Gasteiger partial charge in [0.25, 0.3) is 0 Å². The van der Waals surface area contributed by atoms with E-state index in [1.54, 1.807) is 0 Å². The molecule has 3 unspecified atom stereocenters. The summed E-state index contributed by atoms with van der Waals surface area (Å²) in [5.74, 6) is 1.56. The molecule has 0 radical (unpaired) electrons. The van der Waals surface area contributed by atoms with Gasteiger partial charge in [-0.3, -0.25) is 4.79 Å². The molecule has 0 spiro atoms. The average molecular weight is 254 g/mol. The van der Waals surface area contributed by atoms with Crippen molar-refractivity contribution in [1.29, 1.82) is 0 Å². The minimum absolute atomic E-state index is 0.0916. The zero-order chi connectivity index (χ0) is 13.9. The Balaban J connectivity index is 2.45. The SMILES string of the molecule is CC1CC(C)C(C)N(C(=O)CCNC(C)(C)C)C1. The molecule has 1 fully saturated rings. The van der Waals surface area contributed by atoms with Crippen LogP contribution >= 0.6 is 0 Å². The fraction of sp³-hybridized carbons (Fsp3) is 0.933. The summed E-state index contributed by atoms with van der Waals surface area (Å²) in [6, 6.07) is 0.392. The molecule has 3 nitrogen and oxygen atoms in total. The van der Waals surface area contributed by atoms with Crippen LogP contribution in [0.1, 0.15) is 54.4 Å². The van der Waals surface area contributed by atoms with E-state index in [1.807, 2.05) is 0 Å². The normalized spacial score (nSPS) is 29.4. The topological polar surface area (TPSA) is 32.3 Å². The van der Waals surface area contributed by atoms with Crippen molar-refractivity contribution in [3.05, 3.63) is 0 Å². The van der Waals surface area contributed by atoms with Crippen LogP contribution in [0.3, 0.4) is 0 Å². The summed E-state index contributed by atoms with van der Waals surface area (Å²) in [7, 11) is 0. The summed E-state index contributed by atoms with van der Waals surface area (Å²) in [5.41, 5.74) is 0.0916. The third-order valence-electron chi connectivity index (χ3n) is 3.91. The minimum atomic E-state index is 0.0916. The summed E-state index contributed by atoms with van der Waals surface area (Å²) in [5, 5.41) is 3.38. The van der Waals surface area contributed by atoms with Gasteiger partial charge in [0.05, 0.1) is 0 Å². The van der Waals surface area contributed by atoms with Gasteiger partial charge in [0.1, 0.15) is 0 Å². The van der Waals surface area contributed by atoms with E-state index in [1.165, 1.54) is 6.42 Å². The second-order valence-corrected chi connectivity index (χ2v) is 7.03. The van der Waals surface area contributed by atoms with Crippen LogP contribution in [0.2, 0.25) is 0 Å². The average Bonchev–Trinajstić information content (AvgIpc) is 2.21. The maximum Gasteiger partial charge on any atom is 0.224 e. The molecule has 3 heteroatoms. The molecular formula is C15H30N2O. The summed E-state index contributed by atoms with van der Waals surface area (Å²) in [6.45, 7) is 14.8. The first-order valence-corrected chi connectivity index (χ1v) is 7.25. The largest absolute Gasteiger partial charge is 0.339 e. The van der Waals surface area contributed by atoms with Gasteiger partial charge in [-0.2, -0.15) is 0 Å². The summed E-state index contributed by atoms with van der Waals surface area (Å²) < 4.78 is 0. The van der Waals surface area contributed by atoms with Crippen LogP contribution in [-0.4, -0.2) is 35.5 Å². The van der Waals surface area contributed by atoms with Crippen LogP contribution in [0.25, 0.3) is 0 Å². The van der Waals surface area contributed by atoms with Gasteiger partial charge < -0.3 is 10.2 Å². The van der Waals surface area contributed by atoms with E-state index in [4.69, 9.17) is 0 Å². The van der Waals surface area contributed by atoms with Crippen molar-refractivity contribution >= 4 is 5.91 Å². The molecule has 1 rings (SSSR count). The highest BCUT2D eigenvalue weighted by atomic mass is 16.2. The molecule has 0 saturated carbocycles. The maximum atomic E-state index is 12.3. The van der Waals surface area contributed by atoms with Crippen molar-refractivity contribution in [2.45, 2.75) is 66.0 Å². The molecule has 3 atom stereocenters. The first-order chi connectivity index (χ1) is 8.20. The number of hydrogen-bond donors (Lipinski definition) is 1. The van der Waals surface area contributed by atoms with E-state index in [9.17, 15) is 4.79 Å². The zero-order valence-corrected chi connectivity index (χ0v) is 12.9. The standard InChI is InChI=1S/C15H30N2O/c1-11-9-12(2)13(3)17(10-11)14(18)7-8-16-15(4,5)6/h11-13,16H,7-10H2,1-6H3. The molecule has 1 aliphatic heterocycles. The van der Waals surface area contributed by atoms with Crippen molar-refractivity contribution in [3.63, 3.8) is 0 Å². The van der Waals surface area contributed by atoms with Crippen LogP contribution in [0.5, 0.6) is 0 Å². The molecule has 1 N–H and O–H groups in total. The van der Waals surface area contributed by atoms with Gasteiger partial charge in [0.15, 0.2) is 0 Å². The number of nitrogens with zero attached hydrogens (tertiary/aromatic N) is 1. The predicted molar refractivity (Wildman–Crippen MR) is 76.5 cm³/mol. The van der Waals surface area contributed by atoms with E-state index >= 15 is 0 Å². The van der Waals surface area contributed by atoms with Gasteiger partial charge in [-0.25, -0.2) is 0 Å². The van der Waals surface area contributed by atoms with Gasteiger partial charge >= 0.3 is 0 Å². The lowest BCUT2D eigenvalue weighted by molar-refractivity contribution is -0.137.